The van der Waals surface area contributed by atoms with Crippen molar-refractivity contribution in [2.24, 2.45) is 0 Å². The molecule has 1 aliphatic carbocycles. The molecule has 1 N–H and O–H groups in total. The maximum atomic E-state index is 12.3. The van der Waals surface area contributed by atoms with E-state index in [-0.39, 0.29) is 5.91 Å². The Hall–Kier alpha value is -1.51. The maximum Gasteiger partial charge on any atom is 0.254 e. The van der Waals surface area contributed by atoms with Crippen LogP contribution in [0.5, 0.6) is 0 Å². The molecule has 1 fully saturated rings. The van der Waals surface area contributed by atoms with Gasteiger partial charge in [0.15, 0.2) is 0 Å². The van der Waals surface area contributed by atoms with Gasteiger partial charge in [-0.3, -0.25) is 4.79 Å². The van der Waals surface area contributed by atoms with E-state index in [0.29, 0.717) is 6.04 Å². The van der Waals surface area contributed by atoms with E-state index in [1.807, 2.05) is 36.1 Å². The van der Waals surface area contributed by atoms with Crippen molar-refractivity contribution in [1.29, 1.82) is 0 Å². The van der Waals surface area contributed by atoms with Crippen molar-refractivity contribution < 1.29 is 4.79 Å². The van der Waals surface area contributed by atoms with Gasteiger partial charge in [-0.2, -0.15) is 0 Å². The predicted octanol–water partition coefficient (Wildman–Crippen LogP) is 3.13. The molecule has 0 aliphatic heterocycles. The average Bonchev–Trinajstić information content (AvgIpc) is 3.22. The summed E-state index contributed by atoms with van der Waals surface area (Å²) in [7, 11) is 0. The lowest BCUT2D eigenvalue weighted by atomic mass is 10.1. The maximum absolute atomic E-state index is 12.3. The molecule has 0 aromatic heterocycles. The van der Waals surface area contributed by atoms with Crippen LogP contribution < -0.4 is 5.32 Å². The van der Waals surface area contributed by atoms with Crippen LogP contribution in [-0.2, 0) is 0 Å². The van der Waals surface area contributed by atoms with Crippen molar-refractivity contribution in [3.8, 4) is 0 Å². The molecule has 0 spiro atoms. The second kappa shape index (κ2) is 5.89. The van der Waals surface area contributed by atoms with E-state index in [4.69, 9.17) is 0 Å². The smallest absolute Gasteiger partial charge is 0.254 e. The number of carbonyl (C=O) groups excluding carboxylic acids is 1. The normalized spacial score (nSPS) is 14.3. The summed E-state index contributed by atoms with van der Waals surface area (Å²) in [5.74, 6) is 0.169. The summed E-state index contributed by atoms with van der Waals surface area (Å²) in [6.45, 7) is 5.96. The third-order valence-electron chi connectivity index (χ3n) is 3.30. The van der Waals surface area contributed by atoms with Gasteiger partial charge in [0.25, 0.3) is 5.91 Å². The van der Waals surface area contributed by atoms with Crippen molar-refractivity contribution in [1.82, 2.24) is 4.90 Å². The highest BCUT2D eigenvalue weighted by Crippen LogP contribution is 2.28. The molecule has 0 unspecified atom stereocenters. The van der Waals surface area contributed by atoms with Crippen LogP contribution in [0.25, 0.3) is 0 Å². The number of hydrogen-bond acceptors (Lipinski definition) is 2. The number of carbonyl (C=O) groups is 1. The van der Waals surface area contributed by atoms with Crippen molar-refractivity contribution in [2.75, 3.05) is 18.4 Å². The molecule has 1 saturated carbocycles. The minimum absolute atomic E-state index is 0.169. The van der Waals surface area contributed by atoms with Crippen LogP contribution in [0.4, 0.5) is 5.69 Å². The Morgan fingerprint density at radius 1 is 1.28 bits per heavy atom. The molecule has 1 aliphatic rings. The van der Waals surface area contributed by atoms with Crippen LogP contribution in [0.3, 0.4) is 0 Å². The van der Waals surface area contributed by atoms with E-state index in [0.717, 1.165) is 43.6 Å². The molecule has 3 heteroatoms. The van der Waals surface area contributed by atoms with E-state index >= 15 is 0 Å². The molecule has 0 bridgehead atoms. The first-order chi connectivity index (χ1) is 8.76. The van der Waals surface area contributed by atoms with E-state index in [2.05, 4.69) is 12.2 Å². The second-order valence-electron chi connectivity index (χ2n) is 4.83. The van der Waals surface area contributed by atoms with E-state index in [1.54, 1.807) is 0 Å². The predicted molar refractivity (Wildman–Crippen MR) is 75.0 cm³/mol. The minimum atomic E-state index is 0.169. The molecule has 1 aromatic rings. The van der Waals surface area contributed by atoms with Gasteiger partial charge in [-0.1, -0.05) is 6.92 Å². The van der Waals surface area contributed by atoms with Gasteiger partial charge in [0, 0.05) is 30.4 Å². The van der Waals surface area contributed by atoms with Crippen LogP contribution in [-0.4, -0.2) is 29.9 Å². The van der Waals surface area contributed by atoms with Crippen molar-refractivity contribution >= 4 is 11.6 Å². The quantitative estimate of drug-likeness (QED) is 0.836. The number of nitrogens with zero attached hydrogens (tertiary/aromatic N) is 1. The first-order valence-electron chi connectivity index (χ1n) is 6.91. The fourth-order valence-corrected chi connectivity index (χ4v) is 2.12. The molecule has 3 nitrogen and oxygen atoms in total. The molecule has 0 radical (unpaired) electrons. The largest absolute Gasteiger partial charge is 0.385 e. The molecule has 0 saturated heterocycles. The molecular weight excluding hydrogens is 224 g/mol. The summed E-state index contributed by atoms with van der Waals surface area (Å²) in [5, 5.41) is 3.31. The lowest BCUT2D eigenvalue weighted by Crippen LogP contribution is -2.32. The van der Waals surface area contributed by atoms with Gasteiger partial charge in [-0.25, -0.2) is 0 Å². The number of hydrogen-bond donors (Lipinski definition) is 1. The van der Waals surface area contributed by atoms with Gasteiger partial charge in [0.05, 0.1) is 0 Å². The summed E-state index contributed by atoms with van der Waals surface area (Å²) < 4.78 is 0. The molecule has 1 aromatic carbocycles. The van der Waals surface area contributed by atoms with Crippen LogP contribution in [0.15, 0.2) is 24.3 Å². The highest BCUT2D eigenvalue weighted by molar-refractivity contribution is 5.95. The highest BCUT2D eigenvalue weighted by atomic mass is 16.2. The first kappa shape index (κ1) is 12.9. The Morgan fingerprint density at radius 3 is 2.44 bits per heavy atom. The SMILES string of the molecule is CCCNc1ccc(C(=O)N(CC)C2CC2)cc1. The fourth-order valence-electron chi connectivity index (χ4n) is 2.12. The van der Waals surface area contributed by atoms with Crippen molar-refractivity contribution in [3.05, 3.63) is 29.8 Å². The van der Waals surface area contributed by atoms with Gasteiger partial charge in [0.2, 0.25) is 0 Å². The van der Waals surface area contributed by atoms with Gasteiger partial charge in [0.1, 0.15) is 0 Å². The van der Waals surface area contributed by atoms with Gasteiger partial charge >= 0.3 is 0 Å². The van der Waals surface area contributed by atoms with E-state index < -0.39 is 0 Å². The Bertz CT molecular complexity index is 395. The Balaban J connectivity index is 2.01. The fraction of sp³-hybridized carbons (Fsp3) is 0.533. The van der Waals surface area contributed by atoms with Gasteiger partial charge in [-0.15, -0.1) is 0 Å². The molecule has 1 amide bonds. The number of anilines is 1. The summed E-state index contributed by atoms with van der Waals surface area (Å²) >= 11 is 0. The van der Waals surface area contributed by atoms with Crippen LogP contribution in [0, 0.1) is 0 Å². The minimum Gasteiger partial charge on any atom is -0.385 e. The Kier molecular flexibility index (Phi) is 4.24. The third kappa shape index (κ3) is 3.03. The summed E-state index contributed by atoms with van der Waals surface area (Å²) in [6.07, 6.45) is 3.43. The molecule has 98 valence electrons. The standard InChI is InChI=1S/C15H22N2O/c1-3-11-16-13-7-5-12(6-8-13)15(18)17(4-2)14-9-10-14/h5-8,14,16H,3-4,9-11H2,1-2H3. The molecule has 0 heterocycles. The van der Waals surface area contributed by atoms with Gasteiger partial charge in [-0.05, 0) is 50.5 Å². The molecule has 0 atom stereocenters. The summed E-state index contributed by atoms with van der Waals surface area (Å²) in [4.78, 5) is 14.3. The van der Waals surface area contributed by atoms with Gasteiger partial charge < -0.3 is 10.2 Å². The number of rotatable bonds is 6. The average molecular weight is 246 g/mol. The van der Waals surface area contributed by atoms with Crippen LogP contribution in [0.2, 0.25) is 0 Å². The zero-order chi connectivity index (χ0) is 13.0. The van der Waals surface area contributed by atoms with E-state index in [1.165, 1.54) is 0 Å². The van der Waals surface area contributed by atoms with Crippen LogP contribution >= 0.6 is 0 Å². The molecule has 2 rings (SSSR count). The number of nitrogens with one attached hydrogen (secondary N) is 1. The Labute approximate surface area is 109 Å². The second-order valence-corrected chi connectivity index (χ2v) is 4.83. The number of amides is 1. The monoisotopic (exact) mass is 246 g/mol. The third-order valence-corrected chi connectivity index (χ3v) is 3.30. The van der Waals surface area contributed by atoms with Crippen molar-refractivity contribution in [3.63, 3.8) is 0 Å². The Morgan fingerprint density at radius 2 is 1.94 bits per heavy atom. The zero-order valence-corrected chi connectivity index (χ0v) is 11.3. The number of benzene rings is 1. The molecule has 18 heavy (non-hydrogen) atoms. The topological polar surface area (TPSA) is 32.3 Å². The lowest BCUT2D eigenvalue weighted by molar-refractivity contribution is 0.0752. The summed E-state index contributed by atoms with van der Waals surface area (Å²) in [6, 6.07) is 8.31. The van der Waals surface area contributed by atoms with Crippen LogP contribution in [0.1, 0.15) is 43.5 Å². The first-order valence-corrected chi connectivity index (χ1v) is 6.91. The van der Waals surface area contributed by atoms with E-state index in [9.17, 15) is 4.79 Å². The highest BCUT2D eigenvalue weighted by Gasteiger charge is 2.31. The van der Waals surface area contributed by atoms with Crippen molar-refractivity contribution in [2.45, 2.75) is 39.2 Å². The molecular formula is C15H22N2O. The summed E-state index contributed by atoms with van der Waals surface area (Å²) in [5.41, 5.74) is 1.88. The zero-order valence-electron chi connectivity index (χ0n) is 11.3. The lowest BCUT2D eigenvalue weighted by Gasteiger charge is -2.20.